The fraction of sp³-hybridized carbons (Fsp3) is 0.632. The van der Waals surface area contributed by atoms with Gasteiger partial charge < -0.3 is 9.47 Å². The van der Waals surface area contributed by atoms with Crippen molar-refractivity contribution in [2.24, 2.45) is 5.92 Å². The molecule has 6 heteroatoms. The Balaban J connectivity index is 1.76. The minimum Gasteiger partial charge on any atom is -0.345 e. The van der Waals surface area contributed by atoms with Crippen molar-refractivity contribution in [3.63, 3.8) is 0 Å². The summed E-state index contributed by atoms with van der Waals surface area (Å²) in [4.78, 5) is 22.0. The van der Waals surface area contributed by atoms with Gasteiger partial charge in [-0.25, -0.2) is 0 Å². The number of ether oxygens (including phenoxy) is 2. The Hall–Kier alpha value is -1.79. The zero-order chi connectivity index (χ0) is 17.8. The van der Waals surface area contributed by atoms with E-state index in [1.54, 1.807) is 19.1 Å². The summed E-state index contributed by atoms with van der Waals surface area (Å²) < 4.78 is 12.2. The molecule has 0 amide bonds. The highest BCUT2D eigenvalue weighted by Gasteiger charge is 2.36. The van der Waals surface area contributed by atoms with Crippen LogP contribution in [0, 0.1) is 16.0 Å². The van der Waals surface area contributed by atoms with Gasteiger partial charge in [0, 0.05) is 30.5 Å². The standard InChI is InChI=1S/C19H25NO5/c1-13(21)11-17-12-18(14-5-3-2-4-6-14)25-19(24-17)15-7-9-16(10-8-15)20(22)23/h7-10,14,17-19H,2-6,11-12H2,1H3/t17-,18-,19-/m1/s1. The number of hydrogen-bond donors (Lipinski definition) is 0. The van der Waals surface area contributed by atoms with E-state index in [1.807, 2.05) is 0 Å². The molecule has 1 aliphatic carbocycles. The van der Waals surface area contributed by atoms with E-state index in [1.165, 1.54) is 31.4 Å². The van der Waals surface area contributed by atoms with E-state index in [2.05, 4.69) is 0 Å². The molecule has 136 valence electrons. The van der Waals surface area contributed by atoms with Crippen LogP contribution in [-0.2, 0) is 14.3 Å². The summed E-state index contributed by atoms with van der Waals surface area (Å²) in [6, 6.07) is 6.28. The molecule has 0 radical (unpaired) electrons. The first-order valence-corrected chi connectivity index (χ1v) is 9.07. The molecule has 6 nitrogen and oxygen atoms in total. The van der Waals surface area contributed by atoms with Crippen LogP contribution in [0.5, 0.6) is 0 Å². The molecule has 1 heterocycles. The summed E-state index contributed by atoms with van der Waals surface area (Å²) in [6.07, 6.45) is 6.54. The molecule has 1 aromatic carbocycles. The van der Waals surface area contributed by atoms with Crippen LogP contribution in [0.2, 0.25) is 0 Å². The minimum atomic E-state index is -0.564. The van der Waals surface area contributed by atoms with Gasteiger partial charge in [0.05, 0.1) is 17.1 Å². The van der Waals surface area contributed by atoms with Crippen molar-refractivity contribution in [1.29, 1.82) is 0 Å². The number of carbonyl (C=O) groups excluding carboxylic acids is 1. The van der Waals surface area contributed by atoms with Gasteiger partial charge in [0.15, 0.2) is 6.29 Å². The van der Waals surface area contributed by atoms with Crippen LogP contribution in [-0.4, -0.2) is 22.9 Å². The highest BCUT2D eigenvalue weighted by molar-refractivity contribution is 5.76. The zero-order valence-corrected chi connectivity index (χ0v) is 14.6. The molecule has 1 saturated carbocycles. The van der Waals surface area contributed by atoms with Gasteiger partial charge in [-0.2, -0.15) is 0 Å². The van der Waals surface area contributed by atoms with Crippen molar-refractivity contribution in [2.45, 2.75) is 70.4 Å². The second-order valence-corrected chi connectivity index (χ2v) is 7.15. The van der Waals surface area contributed by atoms with Crippen molar-refractivity contribution < 1.29 is 19.2 Å². The Morgan fingerprint density at radius 2 is 1.84 bits per heavy atom. The zero-order valence-electron chi connectivity index (χ0n) is 14.6. The van der Waals surface area contributed by atoms with Gasteiger partial charge in [-0.3, -0.25) is 14.9 Å². The lowest BCUT2D eigenvalue weighted by Crippen LogP contribution is -2.39. The average Bonchev–Trinajstić information content (AvgIpc) is 2.61. The summed E-state index contributed by atoms with van der Waals surface area (Å²) in [5.41, 5.74) is 0.809. The van der Waals surface area contributed by atoms with Crippen molar-refractivity contribution >= 4 is 11.5 Å². The molecule has 1 aromatic rings. The maximum absolute atomic E-state index is 11.6. The molecule has 0 N–H and O–H groups in total. The Bertz CT molecular complexity index is 609. The van der Waals surface area contributed by atoms with Crippen molar-refractivity contribution in [3.05, 3.63) is 39.9 Å². The number of nitro groups is 1. The molecule has 0 unspecified atom stereocenters. The second-order valence-electron chi connectivity index (χ2n) is 7.15. The first-order chi connectivity index (χ1) is 12.0. The molecular weight excluding hydrogens is 322 g/mol. The van der Waals surface area contributed by atoms with E-state index in [0.717, 1.165) is 24.8 Å². The Kier molecular flexibility index (Phi) is 5.81. The molecule has 2 fully saturated rings. The number of ketones is 1. The molecule has 25 heavy (non-hydrogen) atoms. The molecule has 1 aliphatic heterocycles. The monoisotopic (exact) mass is 347 g/mol. The van der Waals surface area contributed by atoms with Crippen LogP contribution in [0.1, 0.15) is 63.7 Å². The lowest BCUT2D eigenvalue weighted by molar-refractivity contribution is -0.384. The SMILES string of the molecule is CC(=O)C[C@@H]1C[C@H](C2CCCCC2)O[C@H](c2ccc([N+](=O)[O-])cc2)O1. The molecule has 0 bridgehead atoms. The number of nitro benzene ring substituents is 1. The number of rotatable bonds is 5. The van der Waals surface area contributed by atoms with Crippen molar-refractivity contribution in [1.82, 2.24) is 0 Å². The average molecular weight is 347 g/mol. The van der Waals surface area contributed by atoms with E-state index < -0.39 is 11.2 Å². The third kappa shape index (κ3) is 4.64. The first-order valence-electron chi connectivity index (χ1n) is 9.07. The van der Waals surface area contributed by atoms with E-state index in [-0.39, 0.29) is 23.7 Å². The quantitative estimate of drug-likeness (QED) is 0.585. The van der Waals surface area contributed by atoms with Gasteiger partial charge in [0.2, 0.25) is 0 Å². The number of benzene rings is 1. The maximum Gasteiger partial charge on any atom is 0.269 e. The van der Waals surface area contributed by atoms with Crippen LogP contribution in [0.25, 0.3) is 0 Å². The number of nitrogens with zero attached hydrogens (tertiary/aromatic N) is 1. The number of hydrogen-bond acceptors (Lipinski definition) is 5. The van der Waals surface area contributed by atoms with Gasteiger partial charge >= 0.3 is 0 Å². The molecule has 3 atom stereocenters. The minimum absolute atomic E-state index is 0.0451. The molecule has 3 rings (SSSR count). The number of non-ortho nitro benzene ring substituents is 1. The molecule has 0 aromatic heterocycles. The van der Waals surface area contributed by atoms with Crippen LogP contribution in [0.4, 0.5) is 5.69 Å². The Labute approximate surface area is 147 Å². The van der Waals surface area contributed by atoms with Crippen LogP contribution in [0.3, 0.4) is 0 Å². The summed E-state index contributed by atoms with van der Waals surface area (Å²) >= 11 is 0. The molecular formula is C19H25NO5. The van der Waals surface area contributed by atoms with Crippen molar-refractivity contribution in [3.8, 4) is 0 Å². The van der Waals surface area contributed by atoms with Gasteiger partial charge in [0.25, 0.3) is 5.69 Å². The van der Waals surface area contributed by atoms with Gasteiger partial charge in [-0.1, -0.05) is 19.3 Å². The van der Waals surface area contributed by atoms with Crippen molar-refractivity contribution in [2.75, 3.05) is 0 Å². The third-order valence-electron chi connectivity index (χ3n) is 5.18. The molecule has 0 spiro atoms. The Morgan fingerprint density at radius 1 is 1.16 bits per heavy atom. The number of carbonyl (C=O) groups is 1. The normalized spacial score (nSPS) is 27.8. The smallest absolute Gasteiger partial charge is 0.269 e. The second kappa shape index (κ2) is 8.06. The predicted molar refractivity (Wildman–Crippen MR) is 92.1 cm³/mol. The van der Waals surface area contributed by atoms with E-state index in [0.29, 0.717) is 12.3 Å². The highest BCUT2D eigenvalue weighted by Crippen LogP contribution is 2.38. The van der Waals surface area contributed by atoms with Gasteiger partial charge in [-0.15, -0.1) is 0 Å². The van der Waals surface area contributed by atoms with Gasteiger partial charge in [0.1, 0.15) is 5.78 Å². The highest BCUT2D eigenvalue weighted by atomic mass is 16.7. The first kappa shape index (κ1) is 18.0. The lowest BCUT2D eigenvalue weighted by atomic mass is 9.82. The fourth-order valence-corrected chi connectivity index (χ4v) is 3.91. The van der Waals surface area contributed by atoms with E-state index in [9.17, 15) is 14.9 Å². The van der Waals surface area contributed by atoms with Crippen LogP contribution in [0.15, 0.2) is 24.3 Å². The predicted octanol–water partition coefficient (Wildman–Crippen LogP) is 4.33. The topological polar surface area (TPSA) is 78.7 Å². The summed E-state index contributed by atoms with van der Waals surface area (Å²) in [7, 11) is 0. The van der Waals surface area contributed by atoms with Crippen LogP contribution >= 0.6 is 0 Å². The van der Waals surface area contributed by atoms with Gasteiger partial charge in [-0.05, 0) is 37.8 Å². The molecule has 1 saturated heterocycles. The van der Waals surface area contributed by atoms with E-state index >= 15 is 0 Å². The van der Waals surface area contributed by atoms with Crippen LogP contribution < -0.4 is 0 Å². The Morgan fingerprint density at radius 3 is 2.44 bits per heavy atom. The summed E-state index contributed by atoms with van der Waals surface area (Å²) in [6.45, 7) is 1.58. The summed E-state index contributed by atoms with van der Waals surface area (Å²) in [5, 5.41) is 10.8. The molecule has 2 aliphatic rings. The third-order valence-corrected chi connectivity index (χ3v) is 5.18. The number of Topliss-reactive ketones (excluding diaryl/α,β-unsaturated/α-hetero) is 1. The summed E-state index contributed by atoms with van der Waals surface area (Å²) in [5.74, 6) is 0.615. The van der Waals surface area contributed by atoms with E-state index in [4.69, 9.17) is 9.47 Å². The largest absolute Gasteiger partial charge is 0.345 e. The lowest BCUT2D eigenvalue weighted by Gasteiger charge is -2.40. The maximum atomic E-state index is 11.6. The fourth-order valence-electron chi connectivity index (χ4n) is 3.91.